The lowest BCUT2D eigenvalue weighted by molar-refractivity contribution is -0.124. The number of carbonyl (C=O) groups is 2. The van der Waals surface area contributed by atoms with Crippen LogP contribution >= 0.6 is 0 Å². The summed E-state index contributed by atoms with van der Waals surface area (Å²) in [7, 11) is 3.14. The molecule has 1 atom stereocenters. The predicted molar refractivity (Wildman–Crippen MR) is 104 cm³/mol. The Hall–Kier alpha value is -3.02. The number of amides is 2. The number of hydrogen-bond donors (Lipinski definition) is 0. The molecule has 0 radical (unpaired) electrons. The minimum atomic E-state index is -0.551. The fourth-order valence-electron chi connectivity index (χ4n) is 3.21. The van der Waals surface area contributed by atoms with Gasteiger partial charge in [-0.15, -0.1) is 0 Å². The van der Waals surface area contributed by atoms with Gasteiger partial charge in [0, 0.05) is 36.9 Å². The van der Waals surface area contributed by atoms with E-state index in [1.807, 2.05) is 19.1 Å². The molecular weight excluding hydrogens is 344 g/mol. The maximum atomic E-state index is 13.0. The highest BCUT2D eigenvalue weighted by molar-refractivity contribution is 6.03. The summed E-state index contributed by atoms with van der Waals surface area (Å²) in [6, 6.07) is 12.2. The van der Waals surface area contributed by atoms with Crippen LogP contribution in [0.15, 0.2) is 42.5 Å². The first-order valence-electron chi connectivity index (χ1n) is 8.86. The second-order valence-electron chi connectivity index (χ2n) is 6.60. The van der Waals surface area contributed by atoms with Crippen LogP contribution in [0.4, 0.5) is 5.69 Å². The number of piperazine rings is 1. The third kappa shape index (κ3) is 3.74. The van der Waals surface area contributed by atoms with Crippen LogP contribution in [0.1, 0.15) is 22.8 Å². The van der Waals surface area contributed by atoms with E-state index in [4.69, 9.17) is 9.47 Å². The van der Waals surface area contributed by atoms with Crippen LogP contribution in [0, 0.1) is 6.92 Å². The minimum Gasteiger partial charge on any atom is -0.497 e. The van der Waals surface area contributed by atoms with Gasteiger partial charge in [-0.1, -0.05) is 17.7 Å². The number of carbonyl (C=O) groups excluding carboxylic acids is 2. The smallest absolute Gasteiger partial charge is 0.254 e. The number of rotatable bonds is 4. The van der Waals surface area contributed by atoms with Crippen LogP contribution in [-0.4, -0.2) is 50.1 Å². The third-order valence-corrected chi connectivity index (χ3v) is 4.86. The fourth-order valence-corrected chi connectivity index (χ4v) is 3.21. The molecule has 0 N–H and O–H groups in total. The molecule has 1 fully saturated rings. The molecule has 3 rings (SSSR count). The van der Waals surface area contributed by atoms with Gasteiger partial charge < -0.3 is 19.3 Å². The second kappa shape index (κ2) is 7.70. The molecule has 1 heterocycles. The van der Waals surface area contributed by atoms with Crippen molar-refractivity contribution in [1.29, 1.82) is 0 Å². The van der Waals surface area contributed by atoms with E-state index in [2.05, 4.69) is 0 Å². The number of nitrogens with zero attached hydrogens (tertiary/aromatic N) is 2. The predicted octanol–water partition coefficient (Wildman–Crippen LogP) is 2.89. The van der Waals surface area contributed by atoms with Crippen molar-refractivity contribution in [3.63, 3.8) is 0 Å². The average Bonchev–Trinajstić information content (AvgIpc) is 2.69. The largest absolute Gasteiger partial charge is 0.497 e. The molecule has 6 nitrogen and oxygen atoms in total. The molecule has 0 saturated carbocycles. The summed E-state index contributed by atoms with van der Waals surface area (Å²) in [6.07, 6.45) is 0. The van der Waals surface area contributed by atoms with Crippen molar-refractivity contribution < 1.29 is 19.1 Å². The van der Waals surface area contributed by atoms with Gasteiger partial charge >= 0.3 is 0 Å². The monoisotopic (exact) mass is 368 g/mol. The zero-order valence-corrected chi connectivity index (χ0v) is 16.1. The zero-order chi connectivity index (χ0) is 19.6. The molecule has 1 saturated heterocycles. The van der Waals surface area contributed by atoms with Crippen LogP contribution in [0.3, 0.4) is 0 Å². The van der Waals surface area contributed by atoms with Gasteiger partial charge in [-0.25, -0.2) is 0 Å². The Morgan fingerprint density at radius 2 is 1.59 bits per heavy atom. The van der Waals surface area contributed by atoms with E-state index in [0.717, 1.165) is 5.56 Å². The highest BCUT2D eigenvalue weighted by Crippen LogP contribution is 2.30. The molecule has 0 spiro atoms. The van der Waals surface area contributed by atoms with Crippen LogP contribution in [0.25, 0.3) is 0 Å². The molecule has 27 heavy (non-hydrogen) atoms. The lowest BCUT2D eigenvalue weighted by atomic mass is 10.1. The molecule has 142 valence electrons. The highest BCUT2D eigenvalue weighted by Gasteiger charge is 2.35. The Morgan fingerprint density at radius 1 is 1.00 bits per heavy atom. The summed E-state index contributed by atoms with van der Waals surface area (Å²) in [5.41, 5.74) is 2.38. The van der Waals surface area contributed by atoms with Gasteiger partial charge in [0.25, 0.3) is 5.91 Å². The average molecular weight is 368 g/mol. The van der Waals surface area contributed by atoms with E-state index in [-0.39, 0.29) is 11.8 Å². The van der Waals surface area contributed by atoms with E-state index >= 15 is 0 Å². The Morgan fingerprint density at radius 3 is 2.15 bits per heavy atom. The number of anilines is 1. The Kier molecular flexibility index (Phi) is 5.35. The van der Waals surface area contributed by atoms with E-state index in [1.54, 1.807) is 61.3 Å². The minimum absolute atomic E-state index is 0.126. The van der Waals surface area contributed by atoms with Crippen LogP contribution in [0.2, 0.25) is 0 Å². The first-order valence-corrected chi connectivity index (χ1v) is 8.86. The maximum Gasteiger partial charge on any atom is 0.254 e. The molecule has 2 amide bonds. The van der Waals surface area contributed by atoms with Gasteiger partial charge in [0.15, 0.2) is 0 Å². The van der Waals surface area contributed by atoms with Gasteiger partial charge in [-0.3, -0.25) is 9.59 Å². The van der Waals surface area contributed by atoms with E-state index < -0.39 is 6.04 Å². The fraction of sp³-hybridized carbons (Fsp3) is 0.333. The molecule has 2 aromatic carbocycles. The maximum absolute atomic E-state index is 13.0. The topological polar surface area (TPSA) is 59.1 Å². The summed E-state index contributed by atoms with van der Waals surface area (Å²) < 4.78 is 10.6. The summed E-state index contributed by atoms with van der Waals surface area (Å²) in [6.45, 7) is 4.61. The molecule has 6 heteroatoms. The molecule has 0 unspecified atom stereocenters. The van der Waals surface area contributed by atoms with Crippen molar-refractivity contribution in [3.8, 4) is 11.5 Å². The number of hydrogen-bond acceptors (Lipinski definition) is 4. The normalized spacial score (nSPS) is 17.0. The third-order valence-electron chi connectivity index (χ3n) is 4.86. The first kappa shape index (κ1) is 18.8. The number of benzene rings is 2. The summed E-state index contributed by atoms with van der Waals surface area (Å²) in [5, 5.41) is 0. The quantitative estimate of drug-likeness (QED) is 0.833. The van der Waals surface area contributed by atoms with Gasteiger partial charge in [0.1, 0.15) is 17.5 Å². The van der Waals surface area contributed by atoms with Gasteiger partial charge in [0.05, 0.1) is 19.9 Å². The molecular formula is C21H24N2O4. The van der Waals surface area contributed by atoms with Crippen molar-refractivity contribution >= 4 is 17.5 Å². The van der Waals surface area contributed by atoms with Crippen molar-refractivity contribution in [2.75, 3.05) is 32.2 Å². The number of ether oxygens (including phenoxy) is 2. The standard InChI is InChI=1S/C21H24N2O4/c1-14-5-7-16(8-6-14)21(25)22-9-10-23(20(24)15(22)2)17-11-18(26-3)13-19(12-17)27-4/h5-8,11-13,15H,9-10H2,1-4H3/t15-/m1/s1. The SMILES string of the molecule is COc1cc(OC)cc(N2CCN(C(=O)c3ccc(C)cc3)[C@H](C)C2=O)c1. The van der Waals surface area contributed by atoms with Crippen LogP contribution in [-0.2, 0) is 4.79 Å². The van der Waals surface area contributed by atoms with Crippen molar-refractivity contribution in [2.45, 2.75) is 19.9 Å². The van der Waals surface area contributed by atoms with E-state index in [0.29, 0.717) is 35.8 Å². The molecule has 1 aliphatic rings. The zero-order valence-electron chi connectivity index (χ0n) is 16.1. The van der Waals surface area contributed by atoms with Crippen molar-refractivity contribution in [2.24, 2.45) is 0 Å². The lowest BCUT2D eigenvalue weighted by Gasteiger charge is -2.39. The summed E-state index contributed by atoms with van der Waals surface area (Å²) >= 11 is 0. The number of methoxy groups -OCH3 is 2. The Bertz CT molecular complexity index is 826. The molecule has 0 bridgehead atoms. The van der Waals surface area contributed by atoms with E-state index in [9.17, 15) is 9.59 Å². The Balaban J connectivity index is 1.82. The molecule has 1 aliphatic heterocycles. The highest BCUT2D eigenvalue weighted by atomic mass is 16.5. The molecule has 2 aromatic rings. The Labute approximate surface area is 159 Å². The summed E-state index contributed by atoms with van der Waals surface area (Å²) in [5.74, 6) is 0.974. The van der Waals surface area contributed by atoms with Gasteiger partial charge in [-0.05, 0) is 26.0 Å². The number of aryl methyl sites for hydroxylation is 1. The van der Waals surface area contributed by atoms with Gasteiger partial charge in [0.2, 0.25) is 5.91 Å². The lowest BCUT2D eigenvalue weighted by Crippen LogP contribution is -2.57. The molecule has 0 aliphatic carbocycles. The van der Waals surface area contributed by atoms with Crippen molar-refractivity contribution in [3.05, 3.63) is 53.6 Å². The first-order chi connectivity index (χ1) is 12.9. The van der Waals surface area contributed by atoms with Crippen LogP contribution in [0.5, 0.6) is 11.5 Å². The molecule has 0 aromatic heterocycles. The summed E-state index contributed by atoms with van der Waals surface area (Å²) in [4.78, 5) is 29.1. The van der Waals surface area contributed by atoms with Gasteiger partial charge in [-0.2, -0.15) is 0 Å². The van der Waals surface area contributed by atoms with Crippen molar-refractivity contribution in [1.82, 2.24) is 4.90 Å². The second-order valence-corrected chi connectivity index (χ2v) is 6.60. The van der Waals surface area contributed by atoms with Crippen LogP contribution < -0.4 is 14.4 Å². The van der Waals surface area contributed by atoms with E-state index in [1.165, 1.54) is 0 Å².